The standard InChI is InChI=1S/C13H16N2O/c1-13(2,16)11-6-4-10(5-7-11)12-14-8-9-15(12)3/h4-9,16H,1-3H3. The van der Waals surface area contributed by atoms with E-state index in [1.54, 1.807) is 20.0 Å². The van der Waals surface area contributed by atoms with Gasteiger partial charge in [0.15, 0.2) is 0 Å². The Hall–Kier alpha value is -1.61. The molecule has 0 saturated carbocycles. The van der Waals surface area contributed by atoms with Crippen LogP contribution in [0.5, 0.6) is 0 Å². The van der Waals surface area contributed by atoms with Crippen LogP contribution >= 0.6 is 0 Å². The number of nitrogens with zero attached hydrogens (tertiary/aromatic N) is 2. The molecule has 2 aromatic rings. The second-order valence-corrected chi connectivity index (χ2v) is 4.50. The van der Waals surface area contributed by atoms with Crippen molar-refractivity contribution in [2.24, 2.45) is 7.05 Å². The van der Waals surface area contributed by atoms with Crippen molar-refractivity contribution in [1.29, 1.82) is 0 Å². The molecule has 0 amide bonds. The summed E-state index contributed by atoms with van der Waals surface area (Å²) in [5.41, 5.74) is 1.17. The second-order valence-electron chi connectivity index (χ2n) is 4.50. The monoisotopic (exact) mass is 216 g/mol. The van der Waals surface area contributed by atoms with Crippen LogP contribution in [-0.4, -0.2) is 14.7 Å². The van der Waals surface area contributed by atoms with Gasteiger partial charge in [0, 0.05) is 25.0 Å². The van der Waals surface area contributed by atoms with Crippen molar-refractivity contribution in [3.63, 3.8) is 0 Å². The Bertz CT molecular complexity index is 477. The molecule has 0 bridgehead atoms. The van der Waals surface area contributed by atoms with Crippen LogP contribution < -0.4 is 0 Å². The molecule has 1 N–H and O–H groups in total. The highest BCUT2D eigenvalue weighted by Gasteiger charge is 2.15. The molecular formula is C13H16N2O. The minimum atomic E-state index is -0.792. The molecule has 0 spiro atoms. The average Bonchev–Trinajstić information content (AvgIpc) is 2.63. The molecule has 0 aliphatic heterocycles. The lowest BCUT2D eigenvalue weighted by Gasteiger charge is -2.17. The summed E-state index contributed by atoms with van der Waals surface area (Å²) < 4.78 is 1.97. The summed E-state index contributed by atoms with van der Waals surface area (Å²) in [6, 6.07) is 7.83. The number of aliphatic hydroxyl groups is 1. The SMILES string of the molecule is Cn1ccnc1-c1ccc(C(C)(C)O)cc1. The van der Waals surface area contributed by atoms with Gasteiger partial charge in [-0.05, 0) is 19.4 Å². The van der Waals surface area contributed by atoms with Crippen molar-refractivity contribution >= 4 is 0 Å². The first-order valence-electron chi connectivity index (χ1n) is 5.29. The predicted octanol–water partition coefficient (Wildman–Crippen LogP) is 2.31. The van der Waals surface area contributed by atoms with Crippen LogP contribution in [0.3, 0.4) is 0 Å². The van der Waals surface area contributed by atoms with Crippen LogP contribution in [0.4, 0.5) is 0 Å². The van der Waals surface area contributed by atoms with Crippen LogP contribution in [0, 0.1) is 0 Å². The molecule has 0 aliphatic rings. The Morgan fingerprint density at radius 2 is 1.81 bits per heavy atom. The molecule has 0 unspecified atom stereocenters. The highest BCUT2D eigenvalue weighted by atomic mass is 16.3. The molecule has 1 aromatic carbocycles. The van der Waals surface area contributed by atoms with E-state index in [1.807, 2.05) is 42.1 Å². The largest absolute Gasteiger partial charge is 0.386 e. The third-order valence-electron chi connectivity index (χ3n) is 2.67. The topological polar surface area (TPSA) is 38.0 Å². The van der Waals surface area contributed by atoms with E-state index in [1.165, 1.54) is 0 Å². The molecule has 0 radical (unpaired) electrons. The first kappa shape index (κ1) is 10.9. The van der Waals surface area contributed by atoms with Crippen LogP contribution in [0.1, 0.15) is 19.4 Å². The fourth-order valence-corrected chi connectivity index (χ4v) is 1.67. The Morgan fingerprint density at radius 3 is 2.25 bits per heavy atom. The van der Waals surface area contributed by atoms with Gasteiger partial charge in [-0.1, -0.05) is 24.3 Å². The maximum absolute atomic E-state index is 9.84. The maximum Gasteiger partial charge on any atom is 0.139 e. The molecule has 3 nitrogen and oxygen atoms in total. The predicted molar refractivity (Wildman–Crippen MR) is 63.9 cm³/mol. The third kappa shape index (κ3) is 1.99. The first-order chi connectivity index (χ1) is 7.48. The molecule has 3 heteroatoms. The second kappa shape index (κ2) is 3.76. The van der Waals surface area contributed by atoms with Gasteiger partial charge >= 0.3 is 0 Å². The number of aryl methyl sites for hydroxylation is 1. The van der Waals surface area contributed by atoms with Gasteiger partial charge in [-0.15, -0.1) is 0 Å². The highest BCUT2D eigenvalue weighted by molar-refractivity contribution is 5.56. The lowest BCUT2D eigenvalue weighted by Crippen LogP contribution is -2.14. The van der Waals surface area contributed by atoms with Crippen LogP contribution in [-0.2, 0) is 12.6 Å². The Balaban J connectivity index is 2.37. The number of hydrogen-bond donors (Lipinski definition) is 1. The first-order valence-corrected chi connectivity index (χ1v) is 5.29. The molecule has 2 rings (SSSR count). The van der Waals surface area contributed by atoms with E-state index >= 15 is 0 Å². The van der Waals surface area contributed by atoms with E-state index in [2.05, 4.69) is 4.98 Å². The van der Waals surface area contributed by atoms with Gasteiger partial charge in [-0.3, -0.25) is 0 Å². The van der Waals surface area contributed by atoms with Gasteiger partial charge in [0.25, 0.3) is 0 Å². The third-order valence-corrected chi connectivity index (χ3v) is 2.67. The fourth-order valence-electron chi connectivity index (χ4n) is 1.67. The molecule has 0 saturated heterocycles. The zero-order valence-electron chi connectivity index (χ0n) is 9.81. The van der Waals surface area contributed by atoms with E-state index in [4.69, 9.17) is 0 Å². The van der Waals surface area contributed by atoms with E-state index in [9.17, 15) is 5.11 Å². The van der Waals surface area contributed by atoms with Crippen molar-refractivity contribution in [1.82, 2.24) is 9.55 Å². The molecule has 0 fully saturated rings. The molecule has 0 aliphatic carbocycles. The number of imidazole rings is 1. The normalized spacial score (nSPS) is 11.8. The van der Waals surface area contributed by atoms with Crippen LogP contribution in [0.15, 0.2) is 36.7 Å². The lowest BCUT2D eigenvalue weighted by atomic mass is 9.97. The Labute approximate surface area is 95.4 Å². The molecule has 16 heavy (non-hydrogen) atoms. The zero-order chi connectivity index (χ0) is 11.8. The maximum atomic E-state index is 9.84. The summed E-state index contributed by atoms with van der Waals surface area (Å²) >= 11 is 0. The van der Waals surface area contributed by atoms with Crippen LogP contribution in [0.2, 0.25) is 0 Å². The number of rotatable bonds is 2. The average molecular weight is 216 g/mol. The zero-order valence-corrected chi connectivity index (χ0v) is 9.81. The van der Waals surface area contributed by atoms with Gasteiger partial charge < -0.3 is 9.67 Å². The fraction of sp³-hybridized carbons (Fsp3) is 0.308. The smallest absolute Gasteiger partial charge is 0.139 e. The van der Waals surface area contributed by atoms with Crippen molar-refractivity contribution < 1.29 is 5.11 Å². The Kier molecular flexibility index (Phi) is 2.56. The van der Waals surface area contributed by atoms with E-state index in [-0.39, 0.29) is 0 Å². The quantitative estimate of drug-likeness (QED) is 0.836. The van der Waals surface area contributed by atoms with E-state index < -0.39 is 5.60 Å². The molecule has 1 aromatic heterocycles. The summed E-state index contributed by atoms with van der Waals surface area (Å²) in [6.45, 7) is 3.56. The van der Waals surface area contributed by atoms with Crippen LogP contribution in [0.25, 0.3) is 11.4 Å². The van der Waals surface area contributed by atoms with Crippen molar-refractivity contribution in [2.75, 3.05) is 0 Å². The lowest BCUT2D eigenvalue weighted by molar-refractivity contribution is 0.0786. The summed E-state index contributed by atoms with van der Waals surface area (Å²) in [4.78, 5) is 4.28. The van der Waals surface area contributed by atoms with Crippen molar-refractivity contribution in [3.8, 4) is 11.4 Å². The summed E-state index contributed by atoms with van der Waals surface area (Å²) in [5, 5.41) is 9.84. The minimum absolute atomic E-state index is 0.792. The van der Waals surface area contributed by atoms with Crippen molar-refractivity contribution in [2.45, 2.75) is 19.4 Å². The number of hydrogen-bond acceptors (Lipinski definition) is 2. The van der Waals surface area contributed by atoms with Gasteiger partial charge in [0.1, 0.15) is 5.82 Å². The minimum Gasteiger partial charge on any atom is -0.386 e. The Morgan fingerprint density at radius 1 is 1.19 bits per heavy atom. The molecule has 1 heterocycles. The highest BCUT2D eigenvalue weighted by Crippen LogP contribution is 2.23. The van der Waals surface area contributed by atoms with E-state index in [0.717, 1.165) is 17.0 Å². The summed E-state index contributed by atoms with van der Waals surface area (Å²) in [6.07, 6.45) is 3.69. The van der Waals surface area contributed by atoms with Gasteiger partial charge in [0.05, 0.1) is 5.60 Å². The van der Waals surface area contributed by atoms with Gasteiger partial charge in [0.2, 0.25) is 0 Å². The number of benzene rings is 1. The molecule has 84 valence electrons. The van der Waals surface area contributed by atoms with Gasteiger partial charge in [-0.25, -0.2) is 4.98 Å². The van der Waals surface area contributed by atoms with Crippen molar-refractivity contribution in [3.05, 3.63) is 42.2 Å². The molecule has 0 atom stereocenters. The summed E-state index contributed by atoms with van der Waals surface area (Å²) in [7, 11) is 1.96. The summed E-state index contributed by atoms with van der Waals surface area (Å²) in [5.74, 6) is 0.933. The molecular weight excluding hydrogens is 200 g/mol. The number of aromatic nitrogens is 2. The van der Waals surface area contributed by atoms with Gasteiger partial charge in [-0.2, -0.15) is 0 Å². The van der Waals surface area contributed by atoms with E-state index in [0.29, 0.717) is 0 Å².